The van der Waals surface area contributed by atoms with Gasteiger partial charge in [-0.3, -0.25) is 0 Å². The quantitative estimate of drug-likeness (QED) is 0.461. The van der Waals surface area contributed by atoms with Crippen molar-refractivity contribution in [1.29, 1.82) is 0 Å². The van der Waals surface area contributed by atoms with Gasteiger partial charge in [0, 0.05) is 13.1 Å². The van der Waals surface area contributed by atoms with Crippen LogP contribution in [0.1, 0.15) is 23.6 Å². The third kappa shape index (κ3) is 6.54. The normalized spacial score (nSPS) is 11.9. The molecule has 0 atom stereocenters. The summed E-state index contributed by atoms with van der Waals surface area (Å²) in [6.07, 6.45) is 0.804. The van der Waals surface area contributed by atoms with Gasteiger partial charge in [-0.15, -0.1) is 0 Å². The van der Waals surface area contributed by atoms with E-state index in [4.69, 9.17) is 9.88 Å². The van der Waals surface area contributed by atoms with E-state index in [2.05, 4.69) is 28.6 Å². The van der Waals surface area contributed by atoms with Gasteiger partial charge in [0.2, 0.25) is 10.0 Å². The Morgan fingerprint density at radius 2 is 1.86 bits per heavy atom. The Hall–Kier alpha value is -2.58. The topological polar surface area (TPSA) is 106 Å². The predicted octanol–water partition coefficient (Wildman–Crippen LogP) is 1.95. The SMILES string of the molecule is CCNC(=NCc1ccc(S(N)(=O)=O)cc1)NCCc1cc(C)ccc1OC. The van der Waals surface area contributed by atoms with E-state index in [1.807, 2.05) is 19.1 Å². The van der Waals surface area contributed by atoms with Crippen LogP contribution in [0.4, 0.5) is 0 Å². The zero-order valence-corrected chi connectivity index (χ0v) is 17.3. The van der Waals surface area contributed by atoms with Crippen molar-refractivity contribution in [2.24, 2.45) is 10.1 Å². The third-order valence-corrected chi connectivity index (χ3v) is 5.07. The molecule has 0 unspecified atom stereocenters. The van der Waals surface area contributed by atoms with Crippen molar-refractivity contribution in [3.63, 3.8) is 0 Å². The van der Waals surface area contributed by atoms with Crippen molar-refractivity contribution in [3.05, 3.63) is 59.2 Å². The predicted molar refractivity (Wildman–Crippen MR) is 112 cm³/mol. The van der Waals surface area contributed by atoms with E-state index in [0.29, 0.717) is 19.0 Å². The minimum Gasteiger partial charge on any atom is -0.496 e. The van der Waals surface area contributed by atoms with Crippen molar-refractivity contribution >= 4 is 16.0 Å². The average Bonchev–Trinajstić information content (AvgIpc) is 2.66. The molecule has 7 nitrogen and oxygen atoms in total. The van der Waals surface area contributed by atoms with Crippen LogP contribution in [0, 0.1) is 6.92 Å². The molecule has 152 valence electrons. The number of rotatable bonds is 8. The van der Waals surface area contributed by atoms with Crippen molar-refractivity contribution in [2.75, 3.05) is 20.2 Å². The van der Waals surface area contributed by atoms with E-state index in [-0.39, 0.29) is 4.90 Å². The lowest BCUT2D eigenvalue weighted by molar-refractivity contribution is 0.409. The molecule has 8 heteroatoms. The summed E-state index contributed by atoms with van der Waals surface area (Å²) in [6, 6.07) is 12.5. The van der Waals surface area contributed by atoms with Crippen LogP contribution >= 0.6 is 0 Å². The second kappa shape index (κ2) is 10.1. The highest BCUT2D eigenvalue weighted by Gasteiger charge is 2.07. The number of sulfonamides is 1. The number of hydrogen-bond acceptors (Lipinski definition) is 4. The van der Waals surface area contributed by atoms with E-state index in [0.717, 1.165) is 29.8 Å². The summed E-state index contributed by atoms with van der Waals surface area (Å²) in [5.74, 6) is 1.58. The Morgan fingerprint density at radius 1 is 1.14 bits per heavy atom. The first-order chi connectivity index (χ1) is 13.3. The van der Waals surface area contributed by atoms with Crippen LogP contribution < -0.4 is 20.5 Å². The van der Waals surface area contributed by atoms with Crippen LogP contribution in [0.25, 0.3) is 0 Å². The Balaban J connectivity index is 1.98. The van der Waals surface area contributed by atoms with E-state index in [9.17, 15) is 8.42 Å². The second-order valence-corrected chi connectivity index (χ2v) is 7.94. The maximum Gasteiger partial charge on any atom is 0.238 e. The summed E-state index contributed by atoms with van der Waals surface area (Å²) in [7, 11) is -2.00. The molecular weight excluding hydrogens is 376 g/mol. The van der Waals surface area contributed by atoms with Crippen LogP contribution in [0.5, 0.6) is 5.75 Å². The number of nitrogens with zero attached hydrogens (tertiary/aromatic N) is 1. The highest BCUT2D eigenvalue weighted by atomic mass is 32.2. The first-order valence-corrected chi connectivity index (χ1v) is 10.7. The molecule has 0 saturated carbocycles. The van der Waals surface area contributed by atoms with Gasteiger partial charge >= 0.3 is 0 Å². The maximum absolute atomic E-state index is 11.3. The van der Waals surface area contributed by atoms with Crippen LogP contribution in [-0.4, -0.2) is 34.6 Å². The van der Waals surface area contributed by atoms with Gasteiger partial charge in [0.25, 0.3) is 0 Å². The van der Waals surface area contributed by atoms with E-state index < -0.39 is 10.0 Å². The molecule has 0 aliphatic heterocycles. The summed E-state index contributed by atoms with van der Waals surface area (Å²) in [6.45, 7) is 5.93. The molecule has 4 N–H and O–H groups in total. The molecule has 0 radical (unpaired) electrons. The monoisotopic (exact) mass is 404 g/mol. The van der Waals surface area contributed by atoms with E-state index in [1.54, 1.807) is 19.2 Å². The van der Waals surface area contributed by atoms with Gasteiger partial charge < -0.3 is 15.4 Å². The fourth-order valence-corrected chi connectivity index (χ4v) is 3.23. The number of methoxy groups -OCH3 is 1. The molecule has 2 aromatic carbocycles. The maximum atomic E-state index is 11.3. The molecule has 2 aromatic rings. The number of benzene rings is 2. The molecule has 0 heterocycles. The molecule has 0 fully saturated rings. The van der Waals surface area contributed by atoms with Crippen LogP contribution in [0.2, 0.25) is 0 Å². The van der Waals surface area contributed by atoms with Crippen molar-refractivity contribution in [1.82, 2.24) is 10.6 Å². The third-order valence-electron chi connectivity index (χ3n) is 4.14. The number of ether oxygens (including phenoxy) is 1. The van der Waals surface area contributed by atoms with Crippen LogP contribution in [0.15, 0.2) is 52.4 Å². The number of aliphatic imine (C=N–C) groups is 1. The minimum atomic E-state index is -3.68. The summed E-state index contributed by atoms with van der Waals surface area (Å²) in [5.41, 5.74) is 3.23. The summed E-state index contributed by atoms with van der Waals surface area (Å²) < 4.78 is 28.1. The molecule has 0 aliphatic rings. The average molecular weight is 405 g/mol. The molecule has 0 bridgehead atoms. The number of guanidine groups is 1. The van der Waals surface area contributed by atoms with Gasteiger partial charge in [-0.1, -0.05) is 29.8 Å². The standard InChI is InChI=1S/C20H28N4O3S/c1-4-22-20(23-12-11-17-13-15(2)5-10-19(17)27-3)24-14-16-6-8-18(9-7-16)28(21,25)26/h5-10,13H,4,11-12,14H2,1-3H3,(H2,21,25,26)(H2,22,23,24). The zero-order valence-electron chi connectivity index (χ0n) is 16.5. The minimum absolute atomic E-state index is 0.0948. The van der Waals surface area contributed by atoms with Crippen molar-refractivity contribution in [3.8, 4) is 5.75 Å². The Morgan fingerprint density at radius 3 is 2.46 bits per heavy atom. The summed E-state index contributed by atoms with van der Waals surface area (Å²) in [5, 5.41) is 11.6. The van der Waals surface area contributed by atoms with E-state index >= 15 is 0 Å². The first-order valence-electron chi connectivity index (χ1n) is 9.11. The van der Waals surface area contributed by atoms with Crippen molar-refractivity contribution < 1.29 is 13.2 Å². The number of primary sulfonamides is 1. The van der Waals surface area contributed by atoms with Crippen LogP contribution in [0.3, 0.4) is 0 Å². The lowest BCUT2D eigenvalue weighted by atomic mass is 10.1. The first kappa shape index (κ1) is 21.7. The molecule has 0 spiro atoms. The van der Waals surface area contributed by atoms with Gasteiger partial charge in [-0.2, -0.15) is 0 Å². The smallest absolute Gasteiger partial charge is 0.238 e. The highest BCUT2D eigenvalue weighted by Crippen LogP contribution is 2.19. The molecule has 0 aromatic heterocycles. The highest BCUT2D eigenvalue weighted by molar-refractivity contribution is 7.89. The second-order valence-electron chi connectivity index (χ2n) is 6.38. The molecule has 0 amide bonds. The van der Waals surface area contributed by atoms with Gasteiger partial charge in [0.1, 0.15) is 5.75 Å². The number of nitrogens with two attached hydrogens (primary N) is 1. The number of nitrogens with one attached hydrogen (secondary N) is 2. The molecule has 28 heavy (non-hydrogen) atoms. The molecule has 0 aliphatic carbocycles. The lowest BCUT2D eigenvalue weighted by Crippen LogP contribution is -2.38. The molecule has 2 rings (SSSR count). The Bertz CT molecular complexity index is 910. The lowest BCUT2D eigenvalue weighted by Gasteiger charge is -2.13. The Kier molecular flexibility index (Phi) is 7.83. The van der Waals surface area contributed by atoms with Crippen molar-refractivity contribution in [2.45, 2.75) is 31.7 Å². The fraction of sp³-hybridized carbons (Fsp3) is 0.350. The number of hydrogen-bond donors (Lipinski definition) is 3. The van der Waals surface area contributed by atoms with E-state index in [1.165, 1.54) is 17.7 Å². The van der Waals surface area contributed by atoms with Crippen LogP contribution in [-0.2, 0) is 23.0 Å². The molecule has 0 saturated heterocycles. The number of aryl methyl sites for hydroxylation is 1. The molecular formula is C20H28N4O3S. The summed E-state index contributed by atoms with van der Waals surface area (Å²) >= 11 is 0. The van der Waals surface area contributed by atoms with Gasteiger partial charge in [-0.05, 0) is 49.6 Å². The van der Waals surface area contributed by atoms with Gasteiger partial charge in [-0.25, -0.2) is 18.5 Å². The van der Waals surface area contributed by atoms with Gasteiger partial charge in [0.05, 0.1) is 18.6 Å². The van der Waals surface area contributed by atoms with Gasteiger partial charge in [0.15, 0.2) is 5.96 Å². The zero-order chi connectivity index (χ0) is 20.6. The largest absolute Gasteiger partial charge is 0.496 e. The summed E-state index contributed by atoms with van der Waals surface area (Å²) in [4.78, 5) is 4.64. The fourth-order valence-electron chi connectivity index (χ4n) is 2.71. The Labute approximate surface area is 167 Å².